The van der Waals surface area contributed by atoms with Crippen molar-refractivity contribution in [3.05, 3.63) is 10.9 Å². The third kappa shape index (κ3) is 2.53. The van der Waals surface area contributed by atoms with E-state index in [9.17, 15) is 4.79 Å². The lowest BCUT2D eigenvalue weighted by Crippen LogP contribution is -2.33. The molecule has 6 nitrogen and oxygen atoms in total. The van der Waals surface area contributed by atoms with Crippen LogP contribution in [0.4, 0.5) is 11.8 Å². The number of rotatable bonds is 3. The van der Waals surface area contributed by atoms with Gasteiger partial charge in [-0.1, -0.05) is 0 Å². The number of nitrogens with zero attached hydrogens (tertiary/aromatic N) is 3. The van der Waals surface area contributed by atoms with Crippen molar-refractivity contribution in [2.75, 3.05) is 30.7 Å². The third-order valence-corrected chi connectivity index (χ3v) is 4.34. The van der Waals surface area contributed by atoms with Gasteiger partial charge in [0.15, 0.2) is 0 Å². The van der Waals surface area contributed by atoms with Crippen molar-refractivity contribution in [3.8, 4) is 0 Å². The molecule has 106 valence electrons. The van der Waals surface area contributed by atoms with Crippen LogP contribution in [-0.4, -0.2) is 40.4 Å². The number of aryl methyl sites for hydroxylation is 1. The maximum atomic E-state index is 12.0. The van der Waals surface area contributed by atoms with Crippen molar-refractivity contribution < 1.29 is 4.79 Å². The van der Waals surface area contributed by atoms with Crippen LogP contribution in [0, 0.1) is 6.92 Å². The number of anilines is 2. The number of hydrogen-bond donors (Lipinski definition) is 2. The first-order valence-electron chi connectivity index (χ1n) is 6.69. The summed E-state index contributed by atoms with van der Waals surface area (Å²) in [5.41, 5.74) is 5.71. The molecule has 0 aromatic carbocycles. The molecule has 3 N–H and O–H groups in total. The zero-order chi connectivity index (χ0) is 14.1. The average Bonchev–Trinajstić information content (AvgIpc) is 3.03. The van der Waals surface area contributed by atoms with E-state index >= 15 is 0 Å². The summed E-state index contributed by atoms with van der Waals surface area (Å²) in [6.45, 7) is 3.99. The Morgan fingerprint density at radius 3 is 2.95 bits per heavy atom. The van der Waals surface area contributed by atoms with Crippen LogP contribution in [-0.2, 0) is 4.79 Å². The number of nitrogens with two attached hydrogens (primary N) is 1. The normalized spacial score (nSPS) is 14.9. The molecule has 0 bridgehead atoms. The SMILES string of the molecule is Cc1cc2c(NCC(=O)N3CCCC3)nc(N)nc2s1. The van der Waals surface area contributed by atoms with E-state index in [1.807, 2.05) is 17.9 Å². The van der Waals surface area contributed by atoms with Gasteiger partial charge in [-0.3, -0.25) is 4.79 Å². The molecule has 0 atom stereocenters. The Morgan fingerprint density at radius 1 is 1.45 bits per heavy atom. The third-order valence-electron chi connectivity index (χ3n) is 3.40. The molecular formula is C13H17N5OS. The van der Waals surface area contributed by atoms with Crippen molar-refractivity contribution in [2.45, 2.75) is 19.8 Å². The minimum absolute atomic E-state index is 0.111. The summed E-state index contributed by atoms with van der Waals surface area (Å²) in [5.74, 6) is 0.986. The molecule has 3 heterocycles. The van der Waals surface area contributed by atoms with E-state index in [4.69, 9.17) is 5.73 Å². The zero-order valence-electron chi connectivity index (χ0n) is 11.3. The van der Waals surface area contributed by atoms with Gasteiger partial charge in [0, 0.05) is 18.0 Å². The summed E-state index contributed by atoms with van der Waals surface area (Å²) in [5, 5.41) is 4.03. The highest BCUT2D eigenvalue weighted by molar-refractivity contribution is 7.18. The fourth-order valence-electron chi connectivity index (χ4n) is 2.43. The van der Waals surface area contributed by atoms with Gasteiger partial charge in [0.2, 0.25) is 11.9 Å². The molecule has 0 radical (unpaired) electrons. The van der Waals surface area contributed by atoms with Crippen LogP contribution in [0.25, 0.3) is 10.2 Å². The Balaban J connectivity index is 1.78. The van der Waals surface area contributed by atoms with Crippen LogP contribution in [0.15, 0.2) is 6.07 Å². The smallest absolute Gasteiger partial charge is 0.241 e. The molecule has 1 saturated heterocycles. The average molecular weight is 291 g/mol. The molecule has 20 heavy (non-hydrogen) atoms. The summed E-state index contributed by atoms with van der Waals surface area (Å²) >= 11 is 1.57. The van der Waals surface area contributed by atoms with E-state index in [1.54, 1.807) is 11.3 Å². The number of amides is 1. The number of nitrogen functional groups attached to an aromatic ring is 1. The van der Waals surface area contributed by atoms with Crippen LogP contribution in [0.5, 0.6) is 0 Å². The summed E-state index contributed by atoms with van der Waals surface area (Å²) in [4.78, 5) is 24.3. The lowest BCUT2D eigenvalue weighted by molar-refractivity contribution is -0.128. The van der Waals surface area contributed by atoms with Crippen LogP contribution < -0.4 is 11.1 Å². The second-order valence-electron chi connectivity index (χ2n) is 4.95. The van der Waals surface area contributed by atoms with Gasteiger partial charge in [0.1, 0.15) is 10.6 Å². The van der Waals surface area contributed by atoms with Crippen LogP contribution >= 0.6 is 11.3 Å². The Labute approximate surface area is 121 Å². The van der Waals surface area contributed by atoms with Crippen LogP contribution in [0.1, 0.15) is 17.7 Å². The predicted octanol–water partition coefficient (Wildman–Crippen LogP) is 1.62. The minimum atomic E-state index is 0.111. The number of thiophene rings is 1. The number of aromatic nitrogens is 2. The number of nitrogens with one attached hydrogen (secondary N) is 1. The molecule has 1 aliphatic heterocycles. The molecule has 3 rings (SSSR count). The Morgan fingerprint density at radius 2 is 2.20 bits per heavy atom. The first-order valence-corrected chi connectivity index (χ1v) is 7.50. The highest BCUT2D eigenvalue weighted by atomic mass is 32.1. The van der Waals surface area contributed by atoms with Gasteiger partial charge in [0.25, 0.3) is 0 Å². The molecule has 1 aliphatic rings. The lowest BCUT2D eigenvalue weighted by atomic mass is 10.3. The quantitative estimate of drug-likeness (QED) is 0.897. The monoisotopic (exact) mass is 291 g/mol. The van der Waals surface area contributed by atoms with Gasteiger partial charge in [0.05, 0.1) is 11.9 Å². The van der Waals surface area contributed by atoms with Gasteiger partial charge < -0.3 is 16.0 Å². The standard InChI is InChI=1S/C13H17N5OS/c1-8-6-9-11(16-13(14)17-12(9)20-8)15-7-10(19)18-4-2-3-5-18/h6H,2-5,7H2,1H3,(H3,14,15,16,17). The first kappa shape index (κ1) is 13.1. The van der Waals surface area contributed by atoms with Crippen molar-refractivity contribution in [1.29, 1.82) is 0 Å². The highest BCUT2D eigenvalue weighted by Crippen LogP contribution is 2.28. The van der Waals surface area contributed by atoms with Crippen molar-refractivity contribution >= 4 is 39.2 Å². The maximum absolute atomic E-state index is 12.0. The van der Waals surface area contributed by atoms with E-state index < -0.39 is 0 Å². The Kier molecular flexibility index (Phi) is 3.43. The Hall–Kier alpha value is -1.89. The summed E-state index contributed by atoms with van der Waals surface area (Å²) in [7, 11) is 0. The molecule has 2 aromatic rings. The number of hydrogen-bond acceptors (Lipinski definition) is 6. The zero-order valence-corrected chi connectivity index (χ0v) is 12.2. The fraction of sp³-hybridized carbons (Fsp3) is 0.462. The van der Waals surface area contributed by atoms with Crippen molar-refractivity contribution in [2.24, 2.45) is 0 Å². The van der Waals surface area contributed by atoms with Gasteiger partial charge in [-0.15, -0.1) is 11.3 Å². The largest absolute Gasteiger partial charge is 0.368 e. The first-order chi connectivity index (χ1) is 9.63. The second-order valence-corrected chi connectivity index (χ2v) is 6.18. The van der Waals surface area contributed by atoms with Crippen LogP contribution in [0.2, 0.25) is 0 Å². The summed E-state index contributed by atoms with van der Waals surface area (Å²) in [6, 6.07) is 2.02. The molecular weight excluding hydrogens is 274 g/mol. The van der Waals surface area contributed by atoms with E-state index in [0.29, 0.717) is 5.82 Å². The summed E-state index contributed by atoms with van der Waals surface area (Å²) in [6.07, 6.45) is 2.19. The van der Waals surface area contributed by atoms with Crippen molar-refractivity contribution in [3.63, 3.8) is 0 Å². The molecule has 7 heteroatoms. The van der Waals surface area contributed by atoms with Gasteiger partial charge >= 0.3 is 0 Å². The highest BCUT2D eigenvalue weighted by Gasteiger charge is 2.18. The van der Waals surface area contributed by atoms with E-state index in [0.717, 1.165) is 41.0 Å². The molecule has 0 unspecified atom stereocenters. The number of carbonyl (C=O) groups is 1. The number of fused-ring (bicyclic) bond motifs is 1. The van der Waals surface area contributed by atoms with E-state index in [-0.39, 0.29) is 18.4 Å². The van der Waals surface area contributed by atoms with Crippen molar-refractivity contribution in [1.82, 2.24) is 14.9 Å². The fourth-order valence-corrected chi connectivity index (χ4v) is 3.32. The second kappa shape index (κ2) is 5.24. The van der Waals surface area contributed by atoms with Gasteiger partial charge in [-0.25, -0.2) is 4.98 Å². The minimum Gasteiger partial charge on any atom is -0.368 e. The maximum Gasteiger partial charge on any atom is 0.241 e. The molecule has 0 aliphatic carbocycles. The summed E-state index contributed by atoms with van der Waals surface area (Å²) < 4.78 is 0. The molecule has 1 amide bonds. The van der Waals surface area contributed by atoms with Crippen LogP contribution in [0.3, 0.4) is 0 Å². The van der Waals surface area contributed by atoms with E-state index in [2.05, 4.69) is 15.3 Å². The predicted molar refractivity (Wildman–Crippen MR) is 80.9 cm³/mol. The molecule has 0 spiro atoms. The van der Waals surface area contributed by atoms with Gasteiger partial charge in [-0.05, 0) is 25.8 Å². The molecule has 0 saturated carbocycles. The van der Waals surface area contributed by atoms with E-state index in [1.165, 1.54) is 0 Å². The lowest BCUT2D eigenvalue weighted by Gasteiger charge is -2.15. The van der Waals surface area contributed by atoms with Gasteiger partial charge in [-0.2, -0.15) is 4.98 Å². The molecule has 1 fully saturated rings. The Bertz CT molecular complexity index is 647. The number of carbonyl (C=O) groups excluding carboxylic acids is 1. The molecule has 2 aromatic heterocycles. The topological polar surface area (TPSA) is 84.1 Å². The number of likely N-dealkylation sites (tertiary alicyclic amines) is 1.